The van der Waals surface area contributed by atoms with E-state index in [9.17, 15) is 0 Å². The first kappa shape index (κ1) is 11.7. The standard InChI is InChI=1S/C13H12N4OS/c14-9-4-8(5-10(15)6-9)13-16-12(17-18-13)7-11-2-1-3-19-11/h1-6H,7,14-15H2. The number of hydrogen-bond acceptors (Lipinski definition) is 6. The lowest BCUT2D eigenvalue weighted by Crippen LogP contribution is -1.92. The molecule has 2 aromatic heterocycles. The van der Waals surface area contributed by atoms with Crippen molar-refractivity contribution in [3.63, 3.8) is 0 Å². The van der Waals surface area contributed by atoms with E-state index in [0.29, 0.717) is 29.5 Å². The van der Waals surface area contributed by atoms with Crippen molar-refractivity contribution in [1.29, 1.82) is 0 Å². The smallest absolute Gasteiger partial charge is 0.258 e. The van der Waals surface area contributed by atoms with E-state index >= 15 is 0 Å². The van der Waals surface area contributed by atoms with Gasteiger partial charge in [0.05, 0.1) is 0 Å². The van der Waals surface area contributed by atoms with Crippen molar-refractivity contribution < 1.29 is 4.52 Å². The molecule has 0 unspecified atom stereocenters. The molecule has 0 bridgehead atoms. The van der Waals surface area contributed by atoms with Gasteiger partial charge in [-0.15, -0.1) is 11.3 Å². The molecule has 0 saturated carbocycles. The quantitative estimate of drug-likeness (QED) is 0.715. The van der Waals surface area contributed by atoms with Gasteiger partial charge in [0, 0.05) is 28.2 Å². The van der Waals surface area contributed by atoms with E-state index in [1.807, 2.05) is 17.5 Å². The highest BCUT2D eigenvalue weighted by Gasteiger charge is 2.10. The van der Waals surface area contributed by atoms with Gasteiger partial charge in [0.2, 0.25) is 0 Å². The molecule has 3 aromatic rings. The number of nitrogens with two attached hydrogens (primary N) is 2. The van der Waals surface area contributed by atoms with Crippen LogP contribution in [0.1, 0.15) is 10.7 Å². The normalized spacial score (nSPS) is 10.7. The second-order valence-corrected chi connectivity index (χ2v) is 5.19. The van der Waals surface area contributed by atoms with E-state index in [4.69, 9.17) is 16.0 Å². The molecule has 0 aliphatic heterocycles. The zero-order chi connectivity index (χ0) is 13.2. The van der Waals surface area contributed by atoms with E-state index in [1.54, 1.807) is 29.5 Å². The summed E-state index contributed by atoms with van der Waals surface area (Å²) in [6.45, 7) is 0. The highest BCUT2D eigenvalue weighted by atomic mass is 32.1. The van der Waals surface area contributed by atoms with Crippen LogP contribution in [0.2, 0.25) is 0 Å². The number of rotatable bonds is 3. The first-order valence-electron chi connectivity index (χ1n) is 5.72. The number of nitrogen functional groups attached to an aromatic ring is 2. The van der Waals surface area contributed by atoms with Crippen molar-refractivity contribution in [2.45, 2.75) is 6.42 Å². The largest absolute Gasteiger partial charge is 0.399 e. The molecule has 19 heavy (non-hydrogen) atoms. The fraction of sp³-hybridized carbons (Fsp3) is 0.0769. The van der Waals surface area contributed by atoms with Crippen LogP contribution in [0, 0.1) is 0 Å². The van der Waals surface area contributed by atoms with Gasteiger partial charge in [-0.2, -0.15) is 4.98 Å². The molecule has 0 fully saturated rings. The summed E-state index contributed by atoms with van der Waals surface area (Å²) in [5.41, 5.74) is 13.4. The lowest BCUT2D eigenvalue weighted by molar-refractivity contribution is 0.424. The summed E-state index contributed by atoms with van der Waals surface area (Å²) in [5.74, 6) is 1.09. The first-order chi connectivity index (χ1) is 9.20. The SMILES string of the molecule is Nc1cc(N)cc(-c2nc(Cc3cccs3)no2)c1. The van der Waals surface area contributed by atoms with Gasteiger partial charge in [0.25, 0.3) is 5.89 Å². The van der Waals surface area contributed by atoms with Gasteiger partial charge in [-0.1, -0.05) is 11.2 Å². The molecule has 3 rings (SSSR count). The molecule has 1 aromatic carbocycles. The molecule has 0 aliphatic rings. The van der Waals surface area contributed by atoms with Gasteiger partial charge >= 0.3 is 0 Å². The van der Waals surface area contributed by atoms with Gasteiger partial charge in [-0.25, -0.2) is 0 Å². The van der Waals surface area contributed by atoms with Crippen molar-refractivity contribution in [2.75, 3.05) is 11.5 Å². The van der Waals surface area contributed by atoms with E-state index in [2.05, 4.69) is 10.1 Å². The van der Waals surface area contributed by atoms with Gasteiger partial charge in [-0.05, 0) is 29.6 Å². The van der Waals surface area contributed by atoms with Crippen LogP contribution in [-0.4, -0.2) is 10.1 Å². The van der Waals surface area contributed by atoms with Crippen LogP contribution in [0.4, 0.5) is 11.4 Å². The Balaban J connectivity index is 1.88. The predicted molar refractivity (Wildman–Crippen MR) is 75.7 cm³/mol. The minimum atomic E-state index is 0.436. The Hall–Kier alpha value is -2.34. The summed E-state index contributed by atoms with van der Waals surface area (Å²) >= 11 is 1.67. The minimum Gasteiger partial charge on any atom is -0.399 e. The molecular weight excluding hydrogens is 260 g/mol. The van der Waals surface area contributed by atoms with Crippen LogP contribution in [-0.2, 0) is 6.42 Å². The zero-order valence-electron chi connectivity index (χ0n) is 10.0. The average molecular weight is 272 g/mol. The molecule has 6 heteroatoms. The van der Waals surface area contributed by atoms with E-state index in [0.717, 1.165) is 5.56 Å². The van der Waals surface area contributed by atoms with Crippen LogP contribution in [0.5, 0.6) is 0 Å². The van der Waals surface area contributed by atoms with Crippen LogP contribution < -0.4 is 11.5 Å². The monoisotopic (exact) mass is 272 g/mol. The molecular formula is C13H12N4OS. The molecule has 0 radical (unpaired) electrons. The highest BCUT2D eigenvalue weighted by molar-refractivity contribution is 7.09. The van der Waals surface area contributed by atoms with Crippen molar-refractivity contribution in [3.8, 4) is 11.5 Å². The number of benzene rings is 1. The Kier molecular flexibility index (Phi) is 2.92. The fourth-order valence-corrected chi connectivity index (χ4v) is 2.51. The number of nitrogens with zero attached hydrogens (tertiary/aromatic N) is 2. The van der Waals surface area contributed by atoms with E-state index in [1.165, 1.54) is 4.88 Å². The number of anilines is 2. The molecule has 0 saturated heterocycles. The second kappa shape index (κ2) is 4.74. The maximum Gasteiger partial charge on any atom is 0.258 e. The van der Waals surface area contributed by atoms with Gasteiger partial charge < -0.3 is 16.0 Å². The Morgan fingerprint density at radius 1 is 1.16 bits per heavy atom. The summed E-state index contributed by atoms with van der Waals surface area (Å²) in [6.07, 6.45) is 0.666. The van der Waals surface area contributed by atoms with Crippen molar-refractivity contribution in [2.24, 2.45) is 0 Å². The van der Waals surface area contributed by atoms with E-state index in [-0.39, 0.29) is 0 Å². The summed E-state index contributed by atoms with van der Waals surface area (Å²) in [6, 6.07) is 9.25. The Labute approximate surface area is 113 Å². The summed E-state index contributed by atoms with van der Waals surface area (Å²) in [5, 5.41) is 5.99. The maximum absolute atomic E-state index is 5.75. The van der Waals surface area contributed by atoms with Crippen LogP contribution in [0.3, 0.4) is 0 Å². The van der Waals surface area contributed by atoms with Crippen molar-refractivity contribution in [3.05, 3.63) is 46.4 Å². The Bertz CT molecular complexity index is 670. The second-order valence-electron chi connectivity index (χ2n) is 4.16. The number of aromatic nitrogens is 2. The molecule has 0 aliphatic carbocycles. The van der Waals surface area contributed by atoms with Gasteiger partial charge in [0.15, 0.2) is 5.82 Å². The van der Waals surface area contributed by atoms with Crippen LogP contribution >= 0.6 is 11.3 Å². The molecule has 2 heterocycles. The minimum absolute atomic E-state index is 0.436. The third kappa shape index (κ3) is 2.58. The Morgan fingerprint density at radius 3 is 2.63 bits per heavy atom. The molecule has 0 atom stereocenters. The maximum atomic E-state index is 5.75. The molecule has 4 N–H and O–H groups in total. The average Bonchev–Trinajstić information content (AvgIpc) is 2.99. The third-order valence-corrected chi connectivity index (χ3v) is 3.48. The van der Waals surface area contributed by atoms with Gasteiger partial charge in [0.1, 0.15) is 0 Å². The van der Waals surface area contributed by atoms with Crippen molar-refractivity contribution in [1.82, 2.24) is 10.1 Å². The highest BCUT2D eigenvalue weighted by Crippen LogP contribution is 2.24. The summed E-state index contributed by atoms with van der Waals surface area (Å²) in [7, 11) is 0. The van der Waals surface area contributed by atoms with E-state index < -0.39 is 0 Å². The topological polar surface area (TPSA) is 91.0 Å². The number of hydrogen-bond donors (Lipinski definition) is 2. The molecule has 0 amide bonds. The summed E-state index contributed by atoms with van der Waals surface area (Å²) in [4.78, 5) is 5.55. The first-order valence-corrected chi connectivity index (χ1v) is 6.60. The molecule has 96 valence electrons. The lowest BCUT2D eigenvalue weighted by atomic mass is 10.2. The number of thiophene rings is 1. The zero-order valence-corrected chi connectivity index (χ0v) is 10.9. The molecule has 0 spiro atoms. The molecule has 5 nitrogen and oxygen atoms in total. The fourth-order valence-electron chi connectivity index (χ4n) is 1.81. The van der Waals surface area contributed by atoms with Crippen molar-refractivity contribution >= 4 is 22.7 Å². The van der Waals surface area contributed by atoms with Crippen LogP contribution in [0.15, 0.2) is 40.2 Å². The summed E-state index contributed by atoms with van der Waals surface area (Å²) < 4.78 is 5.24. The van der Waals surface area contributed by atoms with Crippen LogP contribution in [0.25, 0.3) is 11.5 Å². The Morgan fingerprint density at radius 2 is 1.95 bits per heavy atom. The predicted octanol–water partition coefficient (Wildman–Crippen LogP) is 2.55. The third-order valence-electron chi connectivity index (χ3n) is 2.61. The lowest BCUT2D eigenvalue weighted by Gasteiger charge is -1.99. The van der Waals surface area contributed by atoms with Gasteiger partial charge in [-0.3, -0.25) is 0 Å².